The summed E-state index contributed by atoms with van der Waals surface area (Å²) in [5.41, 5.74) is 0.765. The third kappa shape index (κ3) is 1.20. The highest BCUT2D eigenvalue weighted by molar-refractivity contribution is 5.38. The SMILES string of the molecule is Cc1c([N+](=O)[O-])cc[n+]([O-])c1C. The molecule has 0 radical (unpaired) electrons. The topological polar surface area (TPSA) is 70.1 Å². The maximum atomic E-state index is 10.9. The van der Waals surface area contributed by atoms with E-state index < -0.39 is 4.92 Å². The fourth-order valence-corrected chi connectivity index (χ4v) is 0.924. The van der Waals surface area contributed by atoms with Crippen molar-refractivity contribution in [3.63, 3.8) is 0 Å². The number of nitro groups is 1. The Hall–Kier alpha value is -1.65. The third-order valence-electron chi connectivity index (χ3n) is 1.82. The minimum Gasteiger partial charge on any atom is -0.618 e. The van der Waals surface area contributed by atoms with Crippen LogP contribution in [0.4, 0.5) is 5.69 Å². The molecule has 0 fully saturated rings. The Morgan fingerprint density at radius 1 is 1.50 bits per heavy atom. The molecule has 0 aliphatic heterocycles. The Bertz CT molecular complexity index is 336. The summed E-state index contributed by atoms with van der Waals surface area (Å²) in [6.45, 7) is 3.11. The Labute approximate surface area is 69.0 Å². The molecular formula is C7H8N2O3. The Kier molecular flexibility index (Phi) is 1.95. The molecule has 0 saturated heterocycles. The van der Waals surface area contributed by atoms with Crippen molar-refractivity contribution in [2.45, 2.75) is 13.8 Å². The van der Waals surface area contributed by atoms with Crippen LogP contribution in [0.15, 0.2) is 12.3 Å². The van der Waals surface area contributed by atoms with E-state index >= 15 is 0 Å². The minimum absolute atomic E-state index is 0.0143. The van der Waals surface area contributed by atoms with E-state index in [4.69, 9.17) is 0 Å². The van der Waals surface area contributed by atoms with Gasteiger partial charge in [-0.05, 0) is 6.92 Å². The van der Waals surface area contributed by atoms with Crippen LogP contribution in [0.3, 0.4) is 0 Å². The summed E-state index contributed by atoms with van der Waals surface area (Å²) in [6, 6.07) is 1.20. The van der Waals surface area contributed by atoms with E-state index in [-0.39, 0.29) is 5.69 Å². The first-order valence-electron chi connectivity index (χ1n) is 3.38. The van der Waals surface area contributed by atoms with Crippen molar-refractivity contribution in [2.75, 3.05) is 0 Å². The van der Waals surface area contributed by atoms with E-state index in [0.29, 0.717) is 16.0 Å². The van der Waals surface area contributed by atoms with E-state index in [1.54, 1.807) is 13.8 Å². The van der Waals surface area contributed by atoms with Gasteiger partial charge in [-0.1, -0.05) is 0 Å². The highest BCUT2D eigenvalue weighted by atomic mass is 16.6. The van der Waals surface area contributed by atoms with Gasteiger partial charge in [0.05, 0.1) is 16.6 Å². The fourth-order valence-electron chi connectivity index (χ4n) is 0.924. The summed E-state index contributed by atoms with van der Waals surface area (Å²) in [4.78, 5) is 9.88. The molecule has 0 unspecified atom stereocenters. The van der Waals surface area contributed by atoms with Crippen LogP contribution in [0, 0.1) is 29.2 Å². The first-order valence-corrected chi connectivity index (χ1v) is 3.38. The molecule has 1 heterocycles. The van der Waals surface area contributed by atoms with Crippen LogP contribution in [0.5, 0.6) is 0 Å². The van der Waals surface area contributed by atoms with E-state index in [0.717, 1.165) is 6.20 Å². The van der Waals surface area contributed by atoms with E-state index in [1.165, 1.54) is 6.07 Å². The Morgan fingerprint density at radius 2 is 2.08 bits per heavy atom. The van der Waals surface area contributed by atoms with Crippen molar-refractivity contribution in [1.82, 2.24) is 0 Å². The van der Waals surface area contributed by atoms with Crippen LogP contribution >= 0.6 is 0 Å². The van der Waals surface area contributed by atoms with Crippen LogP contribution < -0.4 is 4.73 Å². The number of hydrogen-bond donors (Lipinski definition) is 0. The number of rotatable bonds is 1. The molecule has 0 aliphatic carbocycles. The van der Waals surface area contributed by atoms with Gasteiger partial charge >= 0.3 is 0 Å². The fraction of sp³-hybridized carbons (Fsp3) is 0.286. The van der Waals surface area contributed by atoms with Crippen molar-refractivity contribution >= 4 is 5.69 Å². The molecular weight excluding hydrogens is 160 g/mol. The molecule has 0 spiro atoms. The lowest BCUT2D eigenvalue weighted by Crippen LogP contribution is -2.30. The van der Waals surface area contributed by atoms with Crippen LogP contribution in [-0.4, -0.2) is 4.92 Å². The highest BCUT2D eigenvalue weighted by Gasteiger charge is 2.16. The number of hydrogen-bond acceptors (Lipinski definition) is 3. The first-order chi connectivity index (χ1) is 5.54. The molecule has 0 N–H and O–H groups in total. The van der Waals surface area contributed by atoms with Crippen molar-refractivity contribution in [2.24, 2.45) is 0 Å². The molecule has 0 bridgehead atoms. The lowest BCUT2D eigenvalue weighted by molar-refractivity contribution is -0.613. The van der Waals surface area contributed by atoms with Gasteiger partial charge in [0.2, 0.25) is 0 Å². The molecule has 5 heteroatoms. The quantitative estimate of drug-likeness (QED) is 0.270. The summed E-state index contributed by atoms with van der Waals surface area (Å²) < 4.78 is 0.613. The lowest BCUT2D eigenvalue weighted by Gasteiger charge is -2.02. The average Bonchev–Trinajstić information content (AvgIpc) is 2.00. The van der Waals surface area contributed by atoms with Crippen LogP contribution in [-0.2, 0) is 0 Å². The Morgan fingerprint density at radius 3 is 2.58 bits per heavy atom. The van der Waals surface area contributed by atoms with E-state index in [1.807, 2.05) is 0 Å². The van der Waals surface area contributed by atoms with Crippen molar-refractivity contribution in [1.29, 1.82) is 0 Å². The summed E-state index contributed by atoms with van der Waals surface area (Å²) in [7, 11) is 0. The van der Waals surface area contributed by atoms with Gasteiger partial charge in [-0.2, -0.15) is 4.73 Å². The smallest absolute Gasteiger partial charge is 0.284 e. The maximum Gasteiger partial charge on any atom is 0.284 e. The molecule has 1 rings (SSSR count). The summed E-state index contributed by atoms with van der Waals surface area (Å²) in [6.07, 6.45) is 1.14. The van der Waals surface area contributed by atoms with Gasteiger partial charge in [-0.3, -0.25) is 10.1 Å². The molecule has 0 aliphatic rings. The second-order valence-electron chi connectivity index (χ2n) is 2.49. The monoisotopic (exact) mass is 168 g/mol. The molecule has 1 aromatic heterocycles. The summed E-state index contributed by atoms with van der Waals surface area (Å²) >= 11 is 0. The zero-order chi connectivity index (χ0) is 9.30. The number of pyridine rings is 1. The first kappa shape index (κ1) is 8.45. The molecule has 5 nitrogen and oxygen atoms in total. The number of nitrogens with zero attached hydrogens (tertiary/aromatic N) is 2. The molecule has 0 amide bonds. The zero-order valence-corrected chi connectivity index (χ0v) is 6.77. The molecule has 64 valence electrons. The normalized spacial score (nSPS) is 9.83. The molecule has 0 atom stereocenters. The third-order valence-corrected chi connectivity index (χ3v) is 1.82. The largest absolute Gasteiger partial charge is 0.618 e. The van der Waals surface area contributed by atoms with Gasteiger partial charge in [-0.15, -0.1) is 0 Å². The van der Waals surface area contributed by atoms with E-state index in [2.05, 4.69) is 0 Å². The summed E-state index contributed by atoms with van der Waals surface area (Å²) in [5.74, 6) is 0. The van der Waals surface area contributed by atoms with Gasteiger partial charge in [-0.25, -0.2) is 0 Å². The zero-order valence-electron chi connectivity index (χ0n) is 6.77. The minimum atomic E-state index is -0.498. The van der Waals surface area contributed by atoms with Gasteiger partial charge in [0.1, 0.15) is 0 Å². The van der Waals surface area contributed by atoms with Crippen molar-refractivity contribution < 1.29 is 9.65 Å². The molecule has 12 heavy (non-hydrogen) atoms. The van der Waals surface area contributed by atoms with Gasteiger partial charge in [0.25, 0.3) is 5.69 Å². The van der Waals surface area contributed by atoms with E-state index in [9.17, 15) is 15.3 Å². The second-order valence-corrected chi connectivity index (χ2v) is 2.49. The average molecular weight is 168 g/mol. The summed E-state index contributed by atoms with van der Waals surface area (Å²) in [5, 5.41) is 21.3. The van der Waals surface area contributed by atoms with Crippen LogP contribution in [0.25, 0.3) is 0 Å². The predicted molar refractivity (Wildman–Crippen MR) is 41.5 cm³/mol. The van der Waals surface area contributed by atoms with Gasteiger partial charge < -0.3 is 5.21 Å². The van der Waals surface area contributed by atoms with Crippen LogP contribution in [0.1, 0.15) is 11.3 Å². The molecule has 1 aromatic rings. The molecule has 0 saturated carbocycles. The van der Waals surface area contributed by atoms with Crippen molar-refractivity contribution in [3.05, 3.63) is 38.8 Å². The lowest BCUT2D eigenvalue weighted by atomic mass is 10.2. The van der Waals surface area contributed by atoms with Gasteiger partial charge in [0, 0.05) is 6.92 Å². The standard InChI is InChI=1S/C7H8N2O3/c1-5-6(2)8(10)4-3-7(5)9(11)12/h3-4H,1-2H3. The number of aromatic nitrogens is 1. The Balaban J connectivity index is 3.36. The van der Waals surface area contributed by atoms with Crippen molar-refractivity contribution in [3.8, 4) is 0 Å². The maximum absolute atomic E-state index is 10.9. The molecule has 0 aromatic carbocycles. The van der Waals surface area contributed by atoms with Crippen LogP contribution in [0.2, 0.25) is 0 Å². The van der Waals surface area contributed by atoms with Gasteiger partial charge in [0.15, 0.2) is 11.9 Å². The predicted octanol–water partition coefficient (Wildman–Crippen LogP) is 0.845. The second kappa shape index (κ2) is 2.77. The highest BCUT2D eigenvalue weighted by Crippen LogP contribution is 2.16.